The van der Waals surface area contributed by atoms with Gasteiger partial charge in [-0.25, -0.2) is 4.39 Å². The van der Waals surface area contributed by atoms with Gasteiger partial charge >= 0.3 is 0 Å². The van der Waals surface area contributed by atoms with Crippen molar-refractivity contribution in [2.24, 2.45) is 10.9 Å². The summed E-state index contributed by atoms with van der Waals surface area (Å²) in [6, 6.07) is 5.65. The highest BCUT2D eigenvalue weighted by atomic mass is 127. The van der Waals surface area contributed by atoms with Gasteiger partial charge in [0.1, 0.15) is 5.82 Å². The summed E-state index contributed by atoms with van der Waals surface area (Å²) in [5.41, 5.74) is 1.70. The lowest BCUT2D eigenvalue weighted by molar-refractivity contribution is 0.0132. The van der Waals surface area contributed by atoms with Gasteiger partial charge in [-0.1, -0.05) is 26.0 Å². The quantitative estimate of drug-likeness (QED) is 0.349. The fourth-order valence-electron chi connectivity index (χ4n) is 3.29. The van der Waals surface area contributed by atoms with Crippen LogP contribution in [0.5, 0.6) is 0 Å². The van der Waals surface area contributed by atoms with Gasteiger partial charge in [0.25, 0.3) is 0 Å². The van der Waals surface area contributed by atoms with Crippen molar-refractivity contribution in [3.05, 3.63) is 35.1 Å². The summed E-state index contributed by atoms with van der Waals surface area (Å²) in [5, 5.41) is 6.77. The lowest BCUT2D eigenvalue weighted by atomic mass is 10.0. The Balaban J connectivity index is 0.00000364. The number of aliphatic imine (C=N–C) groups is 1. The van der Waals surface area contributed by atoms with Crippen molar-refractivity contribution in [2.75, 3.05) is 39.9 Å². The van der Waals surface area contributed by atoms with Crippen LogP contribution in [0.1, 0.15) is 31.4 Å². The zero-order valence-electron chi connectivity index (χ0n) is 16.9. The number of ether oxygens (including phenoxy) is 1. The minimum atomic E-state index is -0.168. The summed E-state index contributed by atoms with van der Waals surface area (Å²) in [4.78, 5) is 6.82. The SMILES string of the molecule is CN=C(NCc1ccc(F)c(C)c1)NCC(CC(C)C)N1CCOCC1.I. The van der Waals surface area contributed by atoms with Crippen molar-refractivity contribution in [2.45, 2.75) is 39.8 Å². The summed E-state index contributed by atoms with van der Waals surface area (Å²) in [7, 11) is 1.78. The second-order valence-electron chi connectivity index (χ2n) is 7.32. The van der Waals surface area contributed by atoms with Crippen molar-refractivity contribution in [3.63, 3.8) is 0 Å². The van der Waals surface area contributed by atoms with E-state index >= 15 is 0 Å². The number of benzene rings is 1. The Hall–Kier alpha value is -0.930. The van der Waals surface area contributed by atoms with E-state index in [4.69, 9.17) is 4.74 Å². The first-order chi connectivity index (χ1) is 12.5. The highest BCUT2D eigenvalue weighted by Crippen LogP contribution is 2.13. The molecule has 1 aliphatic heterocycles. The molecule has 2 N–H and O–H groups in total. The third-order valence-corrected chi connectivity index (χ3v) is 4.72. The lowest BCUT2D eigenvalue weighted by Gasteiger charge is -2.35. The van der Waals surface area contributed by atoms with E-state index in [0.717, 1.165) is 50.8 Å². The minimum absolute atomic E-state index is 0. The second-order valence-corrected chi connectivity index (χ2v) is 7.32. The van der Waals surface area contributed by atoms with Crippen molar-refractivity contribution in [3.8, 4) is 0 Å². The maximum absolute atomic E-state index is 13.4. The molecule has 0 amide bonds. The molecule has 5 nitrogen and oxygen atoms in total. The van der Waals surface area contributed by atoms with E-state index in [0.29, 0.717) is 24.1 Å². The van der Waals surface area contributed by atoms with Gasteiger partial charge in [-0.3, -0.25) is 9.89 Å². The highest BCUT2D eigenvalue weighted by molar-refractivity contribution is 14.0. The summed E-state index contributed by atoms with van der Waals surface area (Å²) < 4.78 is 18.9. The number of nitrogens with one attached hydrogen (secondary N) is 2. The lowest BCUT2D eigenvalue weighted by Crippen LogP contribution is -2.50. The fourth-order valence-corrected chi connectivity index (χ4v) is 3.29. The first kappa shape index (κ1) is 24.1. The van der Waals surface area contributed by atoms with Crippen LogP contribution in [0.25, 0.3) is 0 Å². The van der Waals surface area contributed by atoms with Crippen LogP contribution in [0.15, 0.2) is 23.2 Å². The Morgan fingerprint density at radius 3 is 2.56 bits per heavy atom. The first-order valence-electron chi connectivity index (χ1n) is 9.51. The van der Waals surface area contributed by atoms with Gasteiger partial charge in [-0.05, 0) is 36.5 Å². The molecule has 1 saturated heterocycles. The largest absolute Gasteiger partial charge is 0.379 e. The molecule has 7 heteroatoms. The minimum Gasteiger partial charge on any atom is -0.379 e. The van der Waals surface area contributed by atoms with Crippen LogP contribution in [0.2, 0.25) is 0 Å². The van der Waals surface area contributed by atoms with Gasteiger partial charge in [0.2, 0.25) is 0 Å². The Morgan fingerprint density at radius 1 is 1.26 bits per heavy atom. The topological polar surface area (TPSA) is 48.9 Å². The van der Waals surface area contributed by atoms with Crippen LogP contribution in [-0.4, -0.2) is 56.8 Å². The third-order valence-electron chi connectivity index (χ3n) is 4.72. The number of morpholine rings is 1. The molecular weight excluding hydrogens is 458 g/mol. The number of hydrogen-bond acceptors (Lipinski definition) is 3. The summed E-state index contributed by atoms with van der Waals surface area (Å²) >= 11 is 0. The molecule has 2 rings (SSSR count). The van der Waals surface area contributed by atoms with Crippen LogP contribution in [-0.2, 0) is 11.3 Å². The van der Waals surface area contributed by atoms with Gasteiger partial charge in [0.05, 0.1) is 13.2 Å². The van der Waals surface area contributed by atoms with Gasteiger partial charge in [-0.2, -0.15) is 0 Å². The van der Waals surface area contributed by atoms with Gasteiger partial charge in [0.15, 0.2) is 5.96 Å². The third kappa shape index (κ3) is 8.31. The molecule has 1 aromatic rings. The van der Waals surface area contributed by atoms with E-state index in [1.54, 1.807) is 20.0 Å². The van der Waals surface area contributed by atoms with Gasteiger partial charge in [-0.15, -0.1) is 24.0 Å². The molecular formula is C20H34FIN4O. The number of aryl methyl sites for hydroxylation is 1. The number of guanidine groups is 1. The van der Waals surface area contributed by atoms with Crippen molar-refractivity contribution < 1.29 is 9.13 Å². The van der Waals surface area contributed by atoms with Crippen LogP contribution in [0, 0.1) is 18.7 Å². The molecule has 0 saturated carbocycles. The number of halogens is 2. The number of nitrogens with zero attached hydrogens (tertiary/aromatic N) is 2. The van der Waals surface area contributed by atoms with E-state index in [-0.39, 0.29) is 29.8 Å². The number of hydrogen-bond donors (Lipinski definition) is 2. The molecule has 0 bridgehead atoms. The Kier molecular flexibility index (Phi) is 11.2. The molecule has 1 unspecified atom stereocenters. The molecule has 1 aromatic carbocycles. The van der Waals surface area contributed by atoms with E-state index in [2.05, 4.69) is 34.4 Å². The summed E-state index contributed by atoms with van der Waals surface area (Å²) in [6.45, 7) is 11.4. The predicted molar refractivity (Wildman–Crippen MR) is 120 cm³/mol. The van der Waals surface area contributed by atoms with Gasteiger partial charge < -0.3 is 15.4 Å². The molecule has 154 valence electrons. The Morgan fingerprint density at radius 2 is 1.96 bits per heavy atom. The van der Waals surface area contributed by atoms with E-state index in [1.807, 2.05) is 6.07 Å². The van der Waals surface area contributed by atoms with Crippen molar-refractivity contribution >= 4 is 29.9 Å². The zero-order valence-corrected chi connectivity index (χ0v) is 19.3. The first-order valence-corrected chi connectivity index (χ1v) is 9.51. The molecule has 1 heterocycles. The molecule has 1 fully saturated rings. The monoisotopic (exact) mass is 492 g/mol. The van der Waals surface area contributed by atoms with E-state index < -0.39 is 0 Å². The standard InChI is InChI=1S/C20H33FN4O.HI/c1-15(2)11-18(25-7-9-26-10-8-25)14-24-20(22-4)23-13-17-5-6-19(21)16(3)12-17;/h5-6,12,15,18H,7-11,13-14H2,1-4H3,(H2,22,23,24);1H. The van der Waals surface area contributed by atoms with Crippen LogP contribution < -0.4 is 10.6 Å². The number of rotatable bonds is 7. The molecule has 1 atom stereocenters. The Labute approximate surface area is 180 Å². The maximum Gasteiger partial charge on any atom is 0.191 e. The molecule has 27 heavy (non-hydrogen) atoms. The van der Waals surface area contributed by atoms with Crippen LogP contribution in [0.3, 0.4) is 0 Å². The molecule has 0 aromatic heterocycles. The highest BCUT2D eigenvalue weighted by Gasteiger charge is 2.22. The van der Waals surface area contributed by atoms with Crippen LogP contribution in [0.4, 0.5) is 4.39 Å². The zero-order chi connectivity index (χ0) is 18.9. The molecule has 0 aliphatic carbocycles. The average Bonchev–Trinajstić information content (AvgIpc) is 2.64. The second kappa shape index (κ2) is 12.5. The summed E-state index contributed by atoms with van der Waals surface area (Å²) in [6.07, 6.45) is 1.14. The van der Waals surface area contributed by atoms with Crippen LogP contribution >= 0.6 is 24.0 Å². The molecule has 0 spiro atoms. The Bertz CT molecular complexity index is 591. The van der Waals surface area contributed by atoms with Crippen molar-refractivity contribution in [1.29, 1.82) is 0 Å². The normalized spacial score (nSPS) is 16.7. The average molecular weight is 492 g/mol. The summed E-state index contributed by atoms with van der Waals surface area (Å²) in [5.74, 6) is 1.24. The molecule has 1 aliphatic rings. The maximum atomic E-state index is 13.4. The van der Waals surface area contributed by atoms with Crippen molar-refractivity contribution in [1.82, 2.24) is 15.5 Å². The smallest absolute Gasteiger partial charge is 0.191 e. The fraction of sp³-hybridized carbons (Fsp3) is 0.650. The molecule has 0 radical (unpaired) electrons. The van der Waals surface area contributed by atoms with Gasteiger partial charge in [0, 0.05) is 39.3 Å². The predicted octanol–water partition coefficient (Wildman–Crippen LogP) is 3.16. The van der Waals surface area contributed by atoms with E-state index in [1.165, 1.54) is 6.07 Å². The van der Waals surface area contributed by atoms with E-state index in [9.17, 15) is 4.39 Å².